The molecule has 1 amide bonds. The minimum atomic E-state index is 0.00900. The molecule has 0 saturated carbocycles. The van der Waals surface area contributed by atoms with Crippen molar-refractivity contribution in [3.8, 4) is 5.75 Å². The molecule has 4 nitrogen and oxygen atoms in total. The van der Waals surface area contributed by atoms with Gasteiger partial charge in [-0.1, -0.05) is 11.8 Å². The Kier molecular flexibility index (Phi) is 2.70. The summed E-state index contributed by atoms with van der Waals surface area (Å²) in [6.45, 7) is 2.01. The first kappa shape index (κ1) is 11.5. The number of anilines is 1. The van der Waals surface area contributed by atoms with Gasteiger partial charge in [0.1, 0.15) is 5.75 Å². The summed E-state index contributed by atoms with van der Waals surface area (Å²) in [4.78, 5) is 13.7. The van der Waals surface area contributed by atoms with Crippen LogP contribution in [0.3, 0.4) is 0 Å². The summed E-state index contributed by atoms with van der Waals surface area (Å²) in [5, 5.41) is 6.30. The summed E-state index contributed by atoms with van der Waals surface area (Å²) in [7, 11) is 1.64. The maximum Gasteiger partial charge on any atom is 0.260 e. The van der Waals surface area contributed by atoms with E-state index in [0.29, 0.717) is 0 Å². The molecule has 3 rings (SSSR count). The van der Waals surface area contributed by atoms with Crippen LogP contribution >= 0.6 is 11.8 Å². The molecule has 0 saturated heterocycles. The first-order valence-corrected chi connectivity index (χ1v) is 6.66. The molecule has 1 aromatic rings. The number of fused-ring (bicyclic) bond motifs is 1. The van der Waals surface area contributed by atoms with Crippen molar-refractivity contribution in [3.05, 3.63) is 28.8 Å². The number of rotatable bonds is 1. The Morgan fingerprint density at radius 3 is 3.06 bits per heavy atom. The fraction of sp³-hybridized carbons (Fsp3) is 0.308. The number of thioether (sulfide) groups is 1. The van der Waals surface area contributed by atoms with E-state index in [1.807, 2.05) is 25.1 Å². The van der Waals surface area contributed by atoms with Crippen molar-refractivity contribution in [2.24, 2.45) is 0 Å². The van der Waals surface area contributed by atoms with Gasteiger partial charge in [-0.15, -0.1) is 0 Å². The Labute approximate surface area is 110 Å². The number of hydrogen-bond acceptors (Lipinski definition) is 4. The normalized spacial score (nSPS) is 21.7. The third-order valence-corrected chi connectivity index (χ3v) is 4.25. The van der Waals surface area contributed by atoms with Crippen LogP contribution in [0.4, 0.5) is 5.69 Å². The predicted molar refractivity (Wildman–Crippen MR) is 71.7 cm³/mol. The predicted octanol–water partition coefficient (Wildman–Crippen LogP) is 2.33. The molecule has 2 heterocycles. The highest BCUT2D eigenvalue weighted by Crippen LogP contribution is 2.43. The Balaban J connectivity index is 1.98. The van der Waals surface area contributed by atoms with E-state index in [-0.39, 0.29) is 11.9 Å². The molecule has 2 N–H and O–H groups in total. The minimum absolute atomic E-state index is 0.00900. The number of carbonyl (C=O) groups is 1. The van der Waals surface area contributed by atoms with Crippen LogP contribution in [-0.4, -0.2) is 19.1 Å². The van der Waals surface area contributed by atoms with Gasteiger partial charge < -0.3 is 15.4 Å². The van der Waals surface area contributed by atoms with E-state index in [9.17, 15) is 4.79 Å². The van der Waals surface area contributed by atoms with E-state index in [1.165, 1.54) is 11.8 Å². The molecule has 0 radical (unpaired) electrons. The zero-order valence-corrected chi connectivity index (χ0v) is 11.1. The van der Waals surface area contributed by atoms with Crippen molar-refractivity contribution in [1.29, 1.82) is 0 Å². The molecule has 1 unspecified atom stereocenters. The SMILES string of the molecule is COc1ccc2c(c1)SC1=C(CC(C)NC1=O)N2. The van der Waals surface area contributed by atoms with Crippen LogP contribution < -0.4 is 15.4 Å². The Morgan fingerprint density at radius 1 is 1.44 bits per heavy atom. The van der Waals surface area contributed by atoms with Crippen LogP contribution in [0.5, 0.6) is 5.75 Å². The number of carbonyl (C=O) groups excluding carboxylic acids is 1. The van der Waals surface area contributed by atoms with Gasteiger partial charge in [-0.05, 0) is 25.1 Å². The van der Waals surface area contributed by atoms with Gasteiger partial charge >= 0.3 is 0 Å². The molecule has 1 aromatic carbocycles. The molecular weight excluding hydrogens is 248 g/mol. The summed E-state index contributed by atoms with van der Waals surface area (Å²) in [5.74, 6) is 0.811. The molecule has 2 aliphatic rings. The van der Waals surface area contributed by atoms with E-state index >= 15 is 0 Å². The van der Waals surface area contributed by atoms with Gasteiger partial charge in [0.15, 0.2) is 0 Å². The summed E-state index contributed by atoms with van der Waals surface area (Å²) < 4.78 is 5.20. The minimum Gasteiger partial charge on any atom is -0.497 e. The summed E-state index contributed by atoms with van der Waals surface area (Å²) >= 11 is 1.51. The molecule has 94 valence electrons. The van der Waals surface area contributed by atoms with E-state index in [4.69, 9.17) is 4.74 Å². The molecular formula is C13H14N2O2S. The first-order chi connectivity index (χ1) is 8.67. The molecule has 0 spiro atoms. The van der Waals surface area contributed by atoms with Crippen LogP contribution in [0, 0.1) is 0 Å². The Hall–Kier alpha value is -1.62. The lowest BCUT2D eigenvalue weighted by Gasteiger charge is -2.30. The van der Waals surface area contributed by atoms with Crippen molar-refractivity contribution < 1.29 is 9.53 Å². The van der Waals surface area contributed by atoms with Gasteiger partial charge in [0.2, 0.25) is 0 Å². The molecule has 1 atom stereocenters. The van der Waals surface area contributed by atoms with E-state index < -0.39 is 0 Å². The number of methoxy groups -OCH3 is 1. The molecule has 2 aliphatic heterocycles. The fourth-order valence-corrected chi connectivity index (χ4v) is 3.22. The monoisotopic (exact) mass is 262 g/mol. The molecule has 0 aliphatic carbocycles. The van der Waals surface area contributed by atoms with Crippen molar-refractivity contribution in [2.45, 2.75) is 24.3 Å². The van der Waals surface area contributed by atoms with Gasteiger partial charge in [0.25, 0.3) is 5.91 Å². The largest absolute Gasteiger partial charge is 0.497 e. The second-order valence-corrected chi connectivity index (χ2v) is 5.53. The van der Waals surface area contributed by atoms with Gasteiger partial charge in [-0.2, -0.15) is 0 Å². The number of ether oxygens (including phenoxy) is 1. The second kappa shape index (κ2) is 4.24. The van der Waals surface area contributed by atoms with E-state index in [1.54, 1.807) is 7.11 Å². The highest BCUT2D eigenvalue weighted by molar-refractivity contribution is 8.04. The van der Waals surface area contributed by atoms with Crippen LogP contribution in [0.2, 0.25) is 0 Å². The van der Waals surface area contributed by atoms with Crippen LogP contribution in [0.15, 0.2) is 33.7 Å². The van der Waals surface area contributed by atoms with Crippen molar-refractivity contribution in [3.63, 3.8) is 0 Å². The lowest BCUT2D eigenvalue weighted by Crippen LogP contribution is -2.39. The highest BCUT2D eigenvalue weighted by atomic mass is 32.2. The quantitative estimate of drug-likeness (QED) is 0.815. The number of amides is 1. The van der Waals surface area contributed by atoms with Gasteiger partial charge in [-0.25, -0.2) is 0 Å². The average Bonchev–Trinajstić information content (AvgIpc) is 2.36. The third kappa shape index (κ3) is 1.84. The molecule has 0 fully saturated rings. The summed E-state index contributed by atoms with van der Waals surface area (Å²) in [6.07, 6.45) is 0.847. The second-order valence-electron chi connectivity index (χ2n) is 4.48. The lowest BCUT2D eigenvalue weighted by atomic mass is 10.1. The van der Waals surface area contributed by atoms with Gasteiger partial charge in [0, 0.05) is 23.1 Å². The average molecular weight is 262 g/mol. The number of hydrogen-bond donors (Lipinski definition) is 2. The first-order valence-electron chi connectivity index (χ1n) is 5.84. The maximum atomic E-state index is 11.9. The summed E-state index contributed by atoms with van der Waals surface area (Å²) in [6, 6.07) is 6.04. The van der Waals surface area contributed by atoms with Crippen molar-refractivity contribution >= 4 is 23.4 Å². The third-order valence-electron chi connectivity index (χ3n) is 3.05. The van der Waals surface area contributed by atoms with Crippen LogP contribution in [0.1, 0.15) is 13.3 Å². The van der Waals surface area contributed by atoms with Gasteiger partial charge in [-0.3, -0.25) is 4.79 Å². The molecule has 5 heteroatoms. The standard InChI is InChI=1S/C13H14N2O2S/c1-7-5-10-12(13(16)14-7)18-11-6-8(17-2)3-4-9(11)15-10/h3-4,6-7,15H,5H2,1-2H3,(H,14,16). The highest BCUT2D eigenvalue weighted by Gasteiger charge is 2.29. The molecule has 0 bridgehead atoms. The Bertz CT molecular complexity index is 554. The van der Waals surface area contributed by atoms with Crippen molar-refractivity contribution in [2.75, 3.05) is 12.4 Å². The fourth-order valence-electron chi connectivity index (χ4n) is 2.18. The van der Waals surface area contributed by atoms with E-state index in [0.717, 1.165) is 33.4 Å². The maximum absolute atomic E-state index is 11.9. The summed E-state index contributed by atoms with van der Waals surface area (Å²) in [5.41, 5.74) is 2.07. The van der Waals surface area contributed by atoms with Crippen LogP contribution in [-0.2, 0) is 4.79 Å². The number of benzene rings is 1. The zero-order chi connectivity index (χ0) is 12.7. The molecule has 0 aromatic heterocycles. The van der Waals surface area contributed by atoms with Crippen molar-refractivity contribution in [1.82, 2.24) is 5.32 Å². The smallest absolute Gasteiger partial charge is 0.260 e. The topological polar surface area (TPSA) is 50.4 Å². The lowest BCUT2D eigenvalue weighted by molar-refractivity contribution is -0.117. The zero-order valence-electron chi connectivity index (χ0n) is 10.2. The van der Waals surface area contributed by atoms with Gasteiger partial charge in [0.05, 0.1) is 17.7 Å². The Morgan fingerprint density at radius 2 is 2.28 bits per heavy atom. The van der Waals surface area contributed by atoms with Crippen LogP contribution in [0.25, 0.3) is 0 Å². The van der Waals surface area contributed by atoms with E-state index in [2.05, 4.69) is 10.6 Å². The number of nitrogens with one attached hydrogen (secondary N) is 2. The molecule has 18 heavy (non-hydrogen) atoms.